The van der Waals surface area contributed by atoms with Gasteiger partial charge in [0.15, 0.2) is 0 Å². The highest BCUT2D eigenvalue weighted by atomic mass is 15.0. The van der Waals surface area contributed by atoms with Crippen LogP contribution in [0.5, 0.6) is 0 Å². The summed E-state index contributed by atoms with van der Waals surface area (Å²) in [5, 5.41) is 6.93. The van der Waals surface area contributed by atoms with Gasteiger partial charge in [0.1, 0.15) is 0 Å². The number of hydrogen-bond donors (Lipinski definition) is 2. The van der Waals surface area contributed by atoms with Gasteiger partial charge in [0.05, 0.1) is 0 Å². The average Bonchev–Trinajstić information content (AvgIpc) is 1.49. The molecule has 0 rings (SSSR count). The monoisotopic (exact) mass is 170 g/mol. The van der Waals surface area contributed by atoms with E-state index in [9.17, 15) is 0 Å². The lowest BCUT2D eigenvalue weighted by molar-refractivity contribution is 0.476. The van der Waals surface area contributed by atoms with Gasteiger partial charge in [-0.15, -0.1) is 0 Å². The molecule has 0 radical (unpaired) electrons. The summed E-state index contributed by atoms with van der Waals surface area (Å²) < 4.78 is 0. The Labute approximate surface area is 77.6 Å². The quantitative estimate of drug-likeness (QED) is 0.618. The van der Waals surface area contributed by atoms with Crippen LogP contribution in [0.4, 0.5) is 0 Å². The van der Waals surface area contributed by atoms with Crippen LogP contribution in [0.1, 0.15) is 41.5 Å². The second-order valence-electron chi connectivity index (χ2n) is 5.51. The van der Waals surface area contributed by atoms with Crippen LogP contribution in [0.2, 0.25) is 6.82 Å². The lowest BCUT2D eigenvalue weighted by Crippen LogP contribution is -2.58. The van der Waals surface area contributed by atoms with Crippen LogP contribution < -0.4 is 10.5 Å². The average molecular weight is 170 g/mol. The van der Waals surface area contributed by atoms with Gasteiger partial charge in [-0.25, -0.2) is 0 Å². The summed E-state index contributed by atoms with van der Waals surface area (Å²) in [6, 6.07) is 0. The first-order valence-electron chi connectivity index (χ1n) is 4.65. The Morgan fingerprint density at radius 1 is 0.750 bits per heavy atom. The van der Waals surface area contributed by atoms with Crippen molar-refractivity contribution in [2.24, 2.45) is 0 Å². The molecule has 0 aromatic rings. The fourth-order valence-corrected chi connectivity index (χ4v) is 1.34. The van der Waals surface area contributed by atoms with Crippen molar-refractivity contribution in [1.29, 1.82) is 0 Å². The molecular weight excluding hydrogens is 147 g/mol. The minimum Gasteiger partial charge on any atom is -0.338 e. The highest BCUT2D eigenvalue weighted by molar-refractivity contribution is 6.52. The van der Waals surface area contributed by atoms with Gasteiger partial charge in [0, 0.05) is 11.1 Å². The zero-order chi connectivity index (χ0) is 9.99. The summed E-state index contributed by atoms with van der Waals surface area (Å²) >= 11 is 0. The zero-order valence-electron chi connectivity index (χ0n) is 9.58. The maximum atomic E-state index is 3.46. The van der Waals surface area contributed by atoms with E-state index in [0.29, 0.717) is 6.98 Å². The third-order valence-corrected chi connectivity index (χ3v) is 1.30. The van der Waals surface area contributed by atoms with E-state index in [1.54, 1.807) is 0 Å². The molecule has 0 aromatic carbocycles. The smallest absolute Gasteiger partial charge is 0.302 e. The van der Waals surface area contributed by atoms with Gasteiger partial charge in [-0.3, -0.25) is 0 Å². The standard InChI is InChI=1S/C9H23BN2/c1-8(2,3)11-10(7)12-9(4,5)6/h11-12H,1-7H3. The van der Waals surface area contributed by atoms with Gasteiger partial charge in [0.25, 0.3) is 0 Å². The van der Waals surface area contributed by atoms with Crippen molar-refractivity contribution >= 4 is 6.98 Å². The maximum Gasteiger partial charge on any atom is 0.302 e. The molecule has 0 aliphatic heterocycles. The van der Waals surface area contributed by atoms with Crippen molar-refractivity contribution in [2.45, 2.75) is 59.4 Å². The Morgan fingerprint density at radius 3 is 1.17 bits per heavy atom. The van der Waals surface area contributed by atoms with E-state index in [-0.39, 0.29) is 11.1 Å². The molecule has 0 heterocycles. The van der Waals surface area contributed by atoms with Crippen molar-refractivity contribution in [1.82, 2.24) is 10.5 Å². The van der Waals surface area contributed by atoms with Gasteiger partial charge in [-0.1, -0.05) is 6.82 Å². The van der Waals surface area contributed by atoms with Gasteiger partial charge >= 0.3 is 6.98 Å². The highest BCUT2D eigenvalue weighted by Gasteiger charge is 2.21. The third-order valence-electron chi connectivity index (χ3n) is 1.30. The molecule has 12 heavy (non-hydrogen) atoms. The van der Waals surface area contributed by atoms with Crippen LogP contribution in [0.25, 0.3) is 0 Å². The van der Waals surface area contributed by atoms with Gasteiger partial charge < -0.3 is 10.5 Å². The number of nitrogens with one attached hydrogen (secondary N) is 2. The SMILES string of the molecule is CB(NC(C)(C)C)NC(C)(C)C. The molecule has 0 saturated heterocycles. The lowest BCUT2D eigenvalue weighted by Gasteiger charge is -2.30. The molecule has 0 aromatic heterocycles. The molecule has 2 N–H and O–H groups in total. The predicted molar refractivity (Wildman–Crippen MR) is 57.4 cm³/mol. The topological polar surface area (TPSA) is 24.1 Å². The van der Waals surface area contributed by atoms with Crippen molar-refractivity contribution in [3.63, 3.8) is 0 Å². The highest BCUT2D eigenvalue weighted by Crippen LogP contribution is 2.02. The molecule has 72 valence electrons. The Balaban J connectivity index is 3.83. The van der Waals surface area contributed by atoms with E-state index in [2.05, 4.69) is 58.8 Å². The van der Waals surface area contributed by atoms with Crippen LogP contribution in [0.3, 0.4) is 0 Å². The summed E-state index contributed by atoms with van der Waals surface area (Å²) in [4.78, 5) is 0. The molecule has 0 amide bonds. The number of hydrogen-bond acceptors (Lipinski definition) is 2. The van der Waals surface area contributed by atoms with E-state index in [1.165, 1.54) is 0 Å². The molecule has 0 atom stereocenters. The fourth-order valence-electron chi connectivity index (χ4n) is 1.34. The van der Waals surface area contributed by atoms with Gasteiger partial charge in [-0.2, -0.15) is 0 Å². The summed E-state index contributed by atoms with van der Waals surface area (Å²) in [5.41, 5.74) is 0.356. The maximum absolute atomic E-state index is 3.46. The van der Waals surface area contributed by atoms with Crippen LogP contribution in [-0.4, -0.2) is 18.1 Å². The molecule has 0 unspecified atom stereocenters. The Morgan fingerprint density at radius 2 is 1.00 bits per heavy atom. The Bertz CT molecular complexity index is 116. The van der Waals surface area contributed by atoms with Crippen molar-refractivity contribution in [2.75, 3.05) is 0 Å². The first-order chi connectivity index (χ1) is 5.10. The lowest BCUT2D eigenvalue weighted by atomic mass is 9.75. The molecule has 0 spiro atoms. The normalized spacial score (nSPS) is 13.2. The molecule has 0 fully saturated rings. The third kappa shape index (κ3) is 8.09. The van der Waals surface area contributed by atoms with E-state index in [4.69, 9.17) is 0 Å². The largest absolute Gasteiger partial charge is 0.338 e. The van der Waals surface area contributed by atoms with Crippen molar-refractivity contribution in [3.05, 3.63) is 0 Å². The number of rotatable bonds is 2. The summed E-state index contributed by atoms with van der Waals surface area (Å²) in [6.07, 6.45) is 0. The first kappa shape index (κ1) is 12.0. The van der Waals surface area contributed by atoms with Gasteiger partial charge in [0.2, 0.25) is 0 Å². The second-order valence-corrected chi connectivity index (χ2v) is 5.51. The Hall–Kier alpha value is -0.0151. The van der Waals surface area contributed by atoms with Crippen LogP contribution >= 0.6 is 0 Å². The van der Waals surface area contributed by atoms with Crippen molar-refractivity contribution < 1.29 is 0 Å². The molecule has 0 aliphatic carbocycles. The zero-order valence-corrected chi connectivity index (χ0v) is 9.58. The predicted octanol–water partition coefficient (Wildman–Crippen LogP) is 1.88. The van der Waals surface area contributed by atoms with Crippen LogP contribution in [-0.2, 0) is 0 Å². The van der Waals surface area contributed by atoms with Crippen molar-refractivity contribution in [3.8, 4) is 0 Å². The summed E-state index contributed by atoms with van der Waals surface area (Å²) in [6.45, 7) is 15.5. The van der Waals surface area contributed by atoms with E-state index in [1.807, 2.05) is 0 Å². The summed E-state index contributed by atoms with van der Waals surface area (Å²) in [5.74, 6) is 0. The second kappa shape index (κ2) is 3.80. The summed E-state index contributed by atoms with van der Waals surface area (Å²) in [7, 11) is 0. The van der Waals surface area contributed by atoms with Crippen LogP contribution in [0, 0.1) is 0 Å². The molecule has 2 nitrogen and oxygen atoms in total. The van der Waals surface area contributed by atoms with E-state index in [0.717, 1.165) is 0 Å². The van der Waals surface area contributed by atoms with E-state index < -0.39 is 0 Å². The van der Waals surface area contributed by atoms with Crippen LogP contribution in [0.15, 0.2) is 0 Å². The first-order valence-corrected chi connectivity index (χ1v) is 4.65. The molecule has 0 saturated carbocycles. The Kier molecular flexibility index (Phi) is 3.79. The van der Waals surface area contributed by atoms with Gasteiger partial charge in [-0.05, 0) is 41.5 Å². The minimum atomic E-state index is 0.178. The molecule has 3 heteroatoms. The molecule has 0 bridgehead atoms. The fraction of sp³-hybridized carbons (Fsp3) is 1.00. The molecular formula is C9H23BN2. The van der Waals surface area contributed by atoms with E-state index >= 15 is 0 Å². The minimum absolute atomic E-state index is 0.178. The molecule has 0 aliphatic rings.